The molecule has 2 aromatic carbocycles. The highest BCUT2D eigenvalue weighted by Crippen LogP contribution is 2.36. The maximum atomic E-state index is 13.4. The van der Waals surface area contributed by atoms with E-state index >= 15 is 0 Å². The van der Waals surface area contributed by atoms with Gasteiger partial charge in [-0.25, -0.2) is 4.98 Å². The fraction of sp³-hybridized carbons (Fsp3) is 0.333. The molecule has 6 heteroatoms. The topological polar surface area (TPSA) is 78.3 Å². The minimum absolute atomic E-state index is 0.201. The van der Waals surface area contributed by atoms with Gasteiger partial charge in [0.25, 0.3) is 0 Å². The molecular weight excluding hydrogens is 416 g/mol. The quantitative estimate of drug-likeness (QED) is 0.280. The predicted octanol–water partition coefficient (Wildman–Crippen LogP) is 4.87. The van der Waals surface area contributed by atoms with Gasteiger partial charge in [-0.15, -0.1) is 0 Å². The fourth-order valence-electron chi connectivity index (χ4n) is 3.83. The summed E-state index contributed by atoms with van der Waals surface area (Å²) in [6, 6.07) is 16.8. The van der Waals surface area contributed by atoms with E-state index in [2.05, 4.69) is 4.98 Å². The second kappa shape index (κ2) is 9.53. The van der Waals surface area contributed by atoms with Gasteiger partial charge >= 0.3 is 5.97 Å². The lowest BCUT2D eigenvalue weighted by Gasteiger charge is -2.34. The first-order valence-corrected chi connectivity index (χ1v) is 10.9. The second-order valence-electron chi connectivity index (χ2n) is 9.44. The number of ketones is 1. The molecule has 0 aliphatic rings. The van der Waals surface area contributed by atoms with E-state index in [0.717, 1.165) is 17.5 Å². The summed E-state index contributed by atoms with van der Waals surface area (Å²) in [5.74, 6) is -1.76. The molecule has 0 saturated heterocycles. The summed E-state index contributed by atoms with van der Waals surface area (Å²) in [6.07, 6.45) is 3.77. The highest BCUT2D eigenvalue weighted by Gasteiger charge is 2.44. The number of ether oxygens (including phenoxy) is 1. The highest BCUT2D eigenvalue weighted by atomic mass is 16.6. The van der Waals surface area contributed by atoms with Crippen LogP contribution in [0.2, 0.25) is 0 Å². The highest BCUT2D eigenvalue weighted by molar-refractivity contribution is 5.97. The summed E-state index contributed by atoms with van der Waals surface area (Å²) < 4.78 is 7.34. The van der Waals surface area contributed by atoms with Crippen LogP contribution in [0.1, 0.15) is 55.9 Å². The Morgan fingerprint density at radius 2 is 1.76 bits per heavy atom. The van der Waals surface area contributed by atoms with Gasteiger partial charge in [-0.05, 0) is 52.3 Å². The minimum Gasteiger partial charge on any atom is -0.460 e. The molecule has 0 bridgehead atoms. The molecule has 0 saturated carbocycles. The van der Waals surface area contributed by atoms with Crippen LogP contribution in [0.15, 0.2) is 67.0 Å². The molecule has 0 unspecified atom stereocenters. The van der Waals surface area contributed by atoms with Gasteiger partial charge < -0.3 is 9.53 Å². The van der Waals surface area contributed by atoms with Crippen LogP contribution in [0.4, 0.5) is 0 Å². The number of rotatable bonds is 8. The van der Waals surface area contributed by atoms with E-state index in [1.807, 2.05) is 55.5 Å². The number of aryl methyl sites for hydroxylation is 1. The monoisotopic (exact) mass is 446 g/mol. The minimum atomic E-state index is -1.26. The van der Waals surface area contributed by atoms with Crippen molar-refractivity contribution in [1.29, 1.82) is 0 Å². The van der Waals surface area contributed by atoms with E-state index in [1.165, 1.54) is 0 Å². The molecule has 33 heavy (non-hydrogen) atoms. The molecule has 0 spiro atoms. The zero-order valence-corrected chi connectivity index (χ0v) is 19.7. The van der Waals surface area contributed by atoms with Gasteiger partial charge in [0.2, 0.25) is 0 Å². The van der Waals surface area contributed by atoms with Crippen LogP contribution in [0.25, 0.3) is 5.69 Å². The zero-order valence-electron chi connectivity index (χ0n) is 19.7. The van der Waals surface area contributed by atoms with Crippen molar-refractivity contribution in [3.63, 3.8) is 0 Å². The number of hydrogen-bond donors (Lipinski definition) is 0. The smallest absolute Gasteiger partial charge is 0.311 e. The molecule has 172 valence electrons. The van der Waals surface area contributed by atoms with Crippen molar-refractivity contribution in [2.45, 2.75) is 52.1 Å². The molecule has 1 aromatic heterocycles. The molecule has 6 nitrogen and oxygen atoms in total. The molecule has 0 aliphatic carbocycles. The number of para-hydroxylation sites is 1. The van der Waals surface area contributed by atoms with Crippen molar-refractivity contribution in [2.75, 3.05) is 0 Å². The third kappa shape index (κ3) is 5.45. The van der Waals surface area contributed by atoms with Crippen molar-refractivity contribution >= 4 is 18.0 Å². The lowest BCUT2D eigenvalue weighted by Crippen LogP contribution is -2.43. The van der Waals surface area contributed by atoms with E-state index in [1.54, 1.807) is 50.7 Å². The summed E-state index contributed by atoms with van der Waals surface area (Å²) in [5, 5.41) is 0. The van der Waals surface area contributed by atoms with E-state index in [-0.39, 0.29) is 18.0 Å². The first-order chi connectivity index (χ1) is 15.5. The van der Waals surface area contributed by atoms with Crippen molar-refractivity contribution < 1.29 is 19.1 Å². The molecule has 3 rings (SSSR count). The molecule has 2 atom stereocenters. The Balaban J connectivity index is 2.03. The maximum absolute atomic E-state index is 13.4. The Labute approximate surface area is 194 Å². The summed E-state index contributed by atoms with van der Waals surface area (Å²) in [4.78, 5) is 43.5. The fourth-order valence-corrected chi connectivity index (χ4v) is 3.83. The van der Waals surface area contributed by atoms with Gasteiger partial charge in [-0.1, -0.05) is 48.0 Å². The van der Waals surface area contributed by atoms with Crippen molar-refractivity contribution in [3.05, 3.63) is 83.9 Å². The van der Waals surface area contributed by atoms with Crippen LogP contribution in [0.3, 0.4) is 0 Å². The Kier molecular flexibility index (Phi) is 6.96. The predicted molar refractivity (Wildman–Crippen MR) is 126 cm³/mol. The molecule has 0 fully saturated rings. The molecule has 0 amide bonds. The third-order valence-corrected chi connectivity index (χ3v) is 5.61. The lowest BCUT2D eigenvalue weighted by molar-refractivity contribution is -0.163. The van der Waals surface area contributed by atoms with Crippen LogP contribution >= 0.6 is 0 Å². The maximum Gasteiger partial charge on any atom is 0.311 e. The summed E-state index contributed by atoms with van der Waals surface area (Å²) in [5.41, 5.74) is 0.372. The van der Waals surface area contributed by atoms with Crippen molar-refractivity contribution in [3.8, 4) is 5.69 Å². The molecule has 0 aliphatic heterocycles. The number of esters is 1. The number of benzene rings is 2. The Morgan fingerprint density at radius 1 is 1.06 bits per heavy atom. The van der Waals surface area contributed by atoms with Crippen molar-refractivity contribution in [1.82, 2.24) is 9.55 Å². The average Bonchev–Trinajstić information content (AvgIpc) is 3.26. The zero-order chi connectivity index (χ0) is 24.2. The number of carbonyl (C=O) groups excluding carboxylic acids is 3. The number of aromatic nitrogens is 2. The summed E-state index contributed by atoms with van der Waals surface area (Å²) in [6.45, 7) is 8.88. The van der Waals surface area contributed by atoms with E-state index in [0.29, 0.717) is 5.56 Å². The Bertz CT molecular complexity index is 1140. The second-order valence-corrected chi connectivity index (χ2v) is 9.44. The molecule has 1 heterocycles. The first kappa shape index (κ1) is 24.1. The largest absolute Gasteiger partial charge is 0.460 e. The third-order valence-electron chi connectivity index (χ3n) is 5.61. The van der Waals surface area contributed by atoms with Gasteiger partial charge in [0, 0.05) is 24.5 Å². The van der Waals surface area contributed by atoms with E-state index < -0.39 is 22.9 Å². The Hall–Kier alpha value is -3.54. The molecular formula is C27H30N2O4. The number of imidazole rings is 1. The lowest BCUT2D eigenvalue weighted by atomic mass is 9.70. The molecule has 3 aromatic rings. The van der Waals surface area contributed by atoms with Gasteiger partial charge in [-0.2, -0.15) is 0 Å². The van der Waals surface area contributed by atoms with Crippen LogP contribution in [-0.2, 0) is 19.7 Å². The first-order valence-electron chi connectivity index (χ1n) is 10.9. The number of Topliss-reactive ketones (excluding diaryl/α,β-unsaturated/α-hetero) is 1. The van der Waals surface area contributed by atoms with Gasteiger partial charge in [-0.3, -0.25) is 14.2 Å². The Morgan fingerprint density at radius 3 is 2.36 bits per heavy atom. The summed E-state index contributed by atoms with van der Waals surface area (Å²) in [7, 11) is 0. The van der Waals surface area contributed by atoms with E-state index in [9.17, 15) is 14.4 Å². The number of nitrogens with zero attached hydrogens (tertiary/aromatic N) is 2. The summed E-state index contributed by atoms with van der Waals surface area (Å²) >= 11 is 0. The molecule has 0 radical (unpaired) electrons. The van der Waals surface area contributed by atoms with Gasteiger partial charge in [0.05, 0.1) is 11.3 Å². The van der Waals surface area contributed by atoms with E-state index in [4.69, 9.17) is 4.74 Å². The number of carbonyl (C=O) groups is 3. The van der Waals surface area contributed by atoms with Gasteiger partial charge in [0.15, 0.2) is 11.6 Å². The molecule has 0 N–H and O–H groups in total. The standard InChI is InChI=1S/C27H30N2O4/c1-19-10-9-11-20(16-19)27(5,18-30)22(25(32)33-26(2,3)4)17-23(31)24-28-14-15-29(24)21-12-7-6-8-13-21/h6-16,18,22H,17H2,1-5H3/t22-,27+/m0/s1. The normalized spacial score (nSPS) is 14.2. The van der Waals surface area contributed by atoms with Crippen LogP contribution in [-0.4, -0.2) is 33.2 Å². The van der Waals surface area contributed by atoms with Gasteiger partial charge in [0.1, 0.15) is 11.9 Å². The van der Waals surface area contributed by atoms with Crippen LogP contribution in [0, 0.1) is 12.8 Å². The van der Waals surface area contributed by atoms with Crippen LogP contribution in [0.5, 0.6) is 0 Å². The SMILES string of the molecule is Cc1cccc([C@@](C)(C=O)[C@@H](CC(=O)c2nccn2-c2ccccc2)C(=O)OC(C)(C)C)c1. The van der Waals surface area contributed by atoms with Crippen molar-refractivity contribution in [2.24, 2.45) is 5.92 Å². The average molecular weight is 447 g/mol. The van der Waals surface area contributed by atoms with Crippen LogP contribution < -0.4 is 0 Å². The number of hydrogen-bond acceptors (Lipinski definition) is 5. The number of aldehydes is 1.